The van der Waals surface area contributed by atoms with Gasteiger partial charge in [-0.05, 0) is 35.4 Å². The van der Waals surface area contributed by atoms with Crippen LogP contribution in [0.25, 0.3) is 11.2 Å². The summed E-state index contributed by atoms with van der Waals surface area (Å²) in [6, 6.07) is 15.3. The second-order valence-electron chi connectivity index (χ2n) is 8.31. The van der Waals surface area contributed by atoms with Crippen molar-refractivity contribution in [2.45, 2.75) is 30.5 Å². The minimum absolute atomic E-state index is 0.0305. The van der Waals surface area contributed by atoms with Crippen LogP contribution < -0.4 is 5.32 Å². The van der Waals surface area contributed by atoms with Gasteiger partial charge in [0.15, 0.2) is 23.2 Å². The minimum Gasteiger partial charge on any atom is -0.394 e. The molecular formula is C24H23Cl2N5O4. The van der Waals surface area contributed by atoms with Crippen molar-refractivity contribution >= 4 is 40.2 Å². The number of hydrogen-bond donors (Lipinski definition) is 4. The van der Waals surface area contributed by atoms with Crippen LogP contribution in [0.5, 0.6) is 0 Å². The summed E-state index contributed by atoms with van der Waals surface area (Å²) in [4.78, 5) is 13.1. The quantitative estimate of drug-likeness (QED) is 0.296. The molecule has 4 atom stereocenters. The van der Waals surface area contributed by atoms with E-state index >= 15 is 0 Å². The van der Waals surface area contributed by atoms with Crippen LogP contribution in [0.1, 0.15) is 23.3 Å². The van der Waals surface area contributed by atoms with Crippen molar-refractivity contribution in [1.29, 1.82) is 0 Å². The predicted molar refractivity (Wildman–Crippen MR) is 132 cm³/mol. The molecule has 2 unspecified atom stereocenters. The number of imidazole rings is 1. The standard InChI is InChI=1S/C24H23Cl2N5O4/c25-15-5-1-13(2-6-15)17(14-3-7-16(26)8-4-14)9-27-22-19-23(29-11-28-22)31(12-30-19)24-21(34)20(33)18(10-32)35-24/h1-8,11-12,17-18,20-21,24,32-34H,9-10H2,(H,27,28,29)/t18-,20?,21?,24-/m1/s1. The minimum atomic E-state index is -1.24. The molecule has 0 aliphatic carbocycles. The van der Waals surface area contributed by atoms with Crippen molar-refractivity contribution in [2.24, 2.45) is 0 Å². The van der Waals surface area contributed by atoms with E-state index in [9.17, 15) is 15.3 Å². The van der Waals surface area contributed by atoms with E-state index in [-0.39, 0.29) is 5.92 Å². The lowest BCUT2D eigenvalue weighted by molar-refractivity contribution is -0.0511. The van der Waals surface area contributed by atoms with Crippen LogP contribution >= 0.6 is 23.2 Å². The molecule has 9 nitrogen and oxygen atoms in total. The van der Waals surface area contributed by atoms with E-state index < -0.39 is 31.1 Å². The van der Waals surface area contributed by atoms with Crippen molar-refractivity contribution < 1.29 is 20.1 Å². The third-order valence-corrected chi connectivity index (χ3v) is 6.67. The topological polar surface area (TPSA) is 126 Å². The Labute approximate surface area is 211 Å². The number of aromatic nitrogens is 4. The molecule has 2 aromatic heterocycles. The molecule has 0 amide bonds. The third kappa shape index (κ3) is 4.71. The fourth-order valence-corrected chi connectivity index (χ4v) is 4.55. The Bertz CT molecular complexity index is 1260. The zero-order chi connectivity index (χ0) is 24.5. The average molecular weight is 516 g/mol. The summed E-state index contributed by atoms with van der Waals surface area (Å²) in [6.07, 6.45) is -1.43. The zero-order valence-corrected chi connectivity index (χ0v) is 19.9. The van der Waals surface area contributed by atoms with Gasteiger partial charge in [-0.15, -0.1) is 0 Å². The van der Waals surface area contributed by atoms with Gasteiger partial charge >= 0.3 is 0 Å². The van der Waals surface area contributed by atoms with Gasteiger partial charge < -0.3 is 25.4 Å². The van der Waals surface area contributed by atoms with E-state index in [1.165, 1.54) is 17.2 Å². The number of benzene rings is 2. The number of hydrogen-bond acceptors (Lipinski definition) is 8. The molecule has 1 aliphatic rings. The van der Waals surface area contributed by atoms with Crippen molar-refractivity contribution in [2.75, 3.05) is 18.5 Å². The molecule has 35 heavy (non-hydrogen) atoms. The molecule has 0 saturated carbocycles. The first-order valence-electron chi connectivity index (χ1n) is 11.0. The monoisotopic (exact) mass is 515 g/mol. The molecule has 5 rings (SSSR count). The summed E-state index contributed by atoms with van der Waals surface area (Å²) in [7, 11) is 0. The lowest BCUT2D eigenvalue weighted by Crippen LogP contribution is -2.33. The van der Waals surface area contributed by atoms with Gasteiger partial charge in [-0.25, -0.2) is 15.0 Å². The number of fused-ring (bicyclic) bond motifs is 1. The molecular weight excluding hydrogens is 493 g/mol. The van der Waals surface area contributed by atoms with E-state index in [4.69, 9.17) is 27.9 Å². The Morgan fingerprint density at radius 1 is 0.914 bits per heavy atom. The molecule has 1 saturated heterocycles. The summed E-state index contributed by atoms with van der Waals surface area (Å²) in [6.45, 7) is 0.0794. The molecule has 0 spiro atoms. The first-order valence-corrected chi connectivity index (χ1v) is 11.8. The molecule has 0 radical (unpaired) electrons. The van der Waals surface area contributed by atoms with Crippen LogP contribution in [-0.4, -0.2) is 66.3 Å². The summed E-state index contributed by atoms with van der Waals surface area (Å²) in [5.74, 6) is 0.477. The first kappa shape index (κ1) is 23.9. The van der Waals surface area contributed by atoms with Gasteiger partial charge in [0.05, 0.1) is 12.9 Å². The van der Waals surface area contributed by atoms with Gasteiger partial charge in [0.1, 0.15) is 24.6 Å². The van der Waals surface area contributed by atoms with Gasteiger partial charge in [0, 0.05) is 22.5 Å². The summed E-state index contributed by atoms with van der Waals surface area (Å²) in [5, 5.41) is 34.6. The van der Waals surface area contributed by atoms with Crippen LogP contribution in [0.2, 0.25) is 10.0 Å². The number of anilines is 1. The number of nitrogens with one attached hydrogen (secondary N) is 1. The van der Waals surface area contributed by atoms with Crippen LogP contribution in [0, 0.1) is 0 Å². The highest BCUT2D eigenvalue weighted by Crippen LogP contribution is 2.33. The number of ether oxygens (including phenoxy) is 1. The Morgan fingerprint density at radius 3 is 2.11 bits per heavy atom. The molecule has 0 bridgehead atoms. The summed E-state index contributed by atoms with van der Waals surface area (Å²) in [5.41, 5.74) is 3.03. The second kappa shape index (κ2) is 10.1. The van der Waals surface area contributed by atoms with E-state index in [2.05, 4.69) is 20.3 Å². The van der Waals surface area contributed by atoms with E-state index in [0.29, 0.717) is 33.6 Å². The van der Waals surface area contributed by atoms with Crippen LogP contribution in [0.3, 0.4) is 0 Å². The molecule has 11 heteroatoms. The lowest BCUT2D eigenvalue weighted by atomic mass is 9.91. The number of aliphatic hydroxyl groups is 3. The predicted octanol–water partition coefficient (Wildman–Crippen LogP) is 2.99. The maximum atomic E-state index is 10.4. The van der Waals surface area contributed by atoms with Crippen LogP contribution in [-0.2, 0) is 4.74 Å². The molecule has 1 fully saturated rings. The molecule has 1 aliphatic heterocycles. The highest BCUT2D eigenvalue weighted by atomic mass is 35.5. The second-order valence-corrected chi connectivity index (χ2v) is 9.18. The summed E-state index contributed by atoms with van der Waals surface area (Å²) < 4.78 is 7.16. The first-order chi connectivity index (χ1) is 17.0. The van der Waals surface area contributed by atoms with Gasteiger partial charge in [0.25, 0.3) is 0 Å². The van der Waals surface area contributed by atoms with Crippen LogP contribution in [0.4, 0.5) is 5.82 Å². The van der Waals surface area contributed by atoms with Crippen molar-refractivity contribution in [3.63, 3.8) is 0 Å². The molecule has 2 aromatic carbocycles. The Hall–Kier alpha value is -2.79. The smallest absolute Gasteiger partial charge is 0.167 e. The van der Waals surface area contributed by atoms with E-state index in [1.807, 2.05) is 48.5 Å². The Balaban J connectivity index is 1.43. The fourth-order valence-electron chi connectivity index (χ4n) is 4.29. The average Bonchev–Trinajstić information content (AvgIpc) is 3.42. The number of halogens is 2. The maximum Gasteiger partial charge on any atom is 0.167 e. The van der Waals surface area contributed by atoms with Crippen molar-refractivity contribution in [1.82, 2.24) is 19.5 Å². The Morgan fingerprint density at radius 2 is 1.54 bits per heavy atom. The SMILES string of the molecule is OC[C@H]1O[C@@H](n2cnc3c(NCC(c4ccc(Cl)cc4)c4ccc(Cl)cc4)ncnc32)C(O)C1O. The number of aliphatic hydroxyl groups excluding tert-OH is 3. The molecule has 182 valence electrons. The largest absolute Gasteiger partial charge is 0.394 e. The van der Waals surface area contributed by atoms with Gasteiger partial charge in [-0.2, -0.15) is 0 Å². The van der Waals surface area contributed by atoms with Crippen molar-refractivity contribution in [3.05, 3.63) is 82.4 Å². The third-order valence-electron chi connectivity index (χ3n) is 6.17. The highest BCUT2D eigenvalue weighted by molar-refractivity contribution is 6.30. The van der Waals surface area contributed by atoms with Gasteiger partial charge in [0.2, 0.25) is 0 Å². The normalized spacial score (nSPS) is 22.2. The molecule has 4 aromatic rings. The molecule has 4 N–H and O–H groups in total. The van der Waals surface area contributed by atoms with E-state index in [1.54, 1.807) is 0 Å². The fraction of sp³-hybridized carbons (Fsp3) is 0.292. The van der Waals surface area contributed by atoms with Gasteiger partial charge in [-0.1, -0.05) is 47.5 Å². The van der Waals surface area contributed by atoms with Crippen molar-refractivity contribution in [3.8, 4) is 0 Å². The van der Waals surface area contributed by atoms with E-state index in [0.717, 1.165) is 11.1 Å². The Kier molecular flexibility index (Phi) is 6.88. The maximum absolute atomic E-state index is 10.4. The number of rotatable bonds is 7. The number of nitrogens with zero attached hydrogens (tertiary/aromatic N) is 4. The zero-order valence-electron chi connectivity index (χ0n) is 18.4. The summed E-state index contributed by atoms with van der Waals surface area (Å²) >= 11 is 12.2. The lowest BCUT2D eigenvalue weighted by Gasteiger charge is -2.20. The van der Waals surface area contributed by atoms with Gasteiger partial charge in [-0.3, -0.25) is 4.57 Å². The van der Waals surface area contributed by atoms with Crippen LogP contribution in [0.15, 0.2) is 61.2 Å². The molecule has 3 heterocycles. The highest BCUT2D eigenvalue weighted by Gasteiger charge is 2.44.